The van der Waals surface area contributed by atoms with Gasteiger partial charge in [0.2, 0.25) is 0 Å². The summed E-state index contributed by atoms with van der Waals surface area (Å²) in [5.74, 6) is 1.16. The molecule has 0 aromatic heterocycles. The molecule has 2 unspecified atom stereocenters. The first-order valence-electron chi connectivity index (χ1n) is 8.09. The van der Waals surface area contributed by atoms with Crippen LogP contribution in [-0.4, -0.2) is 41.3 Å². The summed E-state index contributed by atoms with van der Waals surface area (Å²) in [6.45, 7) is -0.0543. The number of aliphatic hydroxyl groups is 1. The average molecular weight is 373 g/mol. The lowest BCUT2D eigenvalue weighted by Gasteiger charge is -2.12. The van der Waals surface area contributed by atoms with Gasteiger partial charge in [0.05, 0.1) is 12.4 Å². The van der Waals surface area contributed by atoms with Crippen molar-refractivity contribution in [3.63, 3.8) is 0 Å². The van der Waals surface area contributed by atoms with E-state index in [-0.39, 0.29) is 22.9 Å². The molecule has 2 aromatic carbocycles. The number of Topliss-reactive ketones (excluding diaryl/α,β-unsaturated/α-hetero) is 1. The normalized spacial score (nSPS) is 19.1. The first-order valence-corrected chi connectivity index (χ1v) is 8.97. The number of nitrogens with one attached hydrogen (secondary N) is 1. The molecule has 0 bridgehead atoms. The van der Waals surface area contributed by atoms with Crippen molar-refractivity contribution in [2.45, 2.75) is 17.9 Å². The quantitative estimate of drug-likeness (QED) is 0.726. The molecule has 0 aliphatic carbocycles. The molecular weight excluding hydrogens is 354 g/mol. The Morgan fingerprint density at radius 2 is 1.77 bits per heavy atom. The Balaban J connectivity index is 1.52. The molecule has 1 aliphatic heterocycles. The standard InChI is InChI=1S/C19H19NO5S/c1-24-14-8-4-13(5-9-14)16(21)11-25-15-6-2-12(3-7-15)10-17-18(22)20-19(23)26-17/h2-9,17-18,22H,10-11H2,1H3,(H,20,23). The lowest BCUT2D eigenvalue weighted by Crippen LogP contribution is -2.31. The van der Waals surface area contributed by atoms with Gasteiger partial charge in [-0.05, 0) is 48.4 Å². The van der Waals surface area contributed by atoms with Crippen LogP contribution in [0.4, 0.5) is 4.79 Å². The van der Waals surface area contributed by atoms with E-state index >= 15 is 0 Å². The van der Waals surface area contributed by atoms with Crippen molar-refractivity contribution in [2.75, 3.05) is 13.7 Å². The zero-order valence-corrected chi connectivity index (χ0v) is 15.0. The van der Waals surface area contributed by atoms with Crippen LogP contribution in [0.3, 0.4) is 0 Å². The van der Waals surface area contributed by atoms with Gasteiger partial charge in [-0.1, -0.05) is 23.9 Å². The number of ether oxygens (including phenoxy) is 2. The minimum Gasteiger partial charge on any atom is -0.497 e. The third-order valence-corrected chi connectivity index (χ3v) is 5.08. The minimum atomic E-state index is -0.828. The highest BCUT2D eigenvalue weighted by atomic mass is 32.2. The summed E-state index contributed by atoms with van der Waals surface area (Å²) in [6.07, 6.45) is -0.263. The molecule has 7 heteroatoms. The Kier molecular flexibility index (Phi) is 5.80. The predicted octanol–water partition coefficient (Wildman–Crippen LogP) is 2.64. The monoisotopic (exact) mass is 373 g/mol. The Morgan fingerprint density at radius 1 is 1.12 bits per heavy atom. The molecule has 26 heavy (non-hydrogen) atoms. The minimum absolute atomic E-state index is 0.0543. The van der Waals surface area contributed by atoms with E-state index in [4.69, 9.17) is 9.47 Å². The fourth-order valence-corrected chi connectivity index (χ4v) is 3.50. The van der Waals surface area contributed by atoms with Crippen LogP contribution in [0.1, 0.15) is 15.9 Å². The highest BCUT2D eigenvalue weighted by Gasteiger charge is 2.31. The van der Waals surface area contributed by atoms with Crippen molar-refractivity contribution >= 4 is 22.8 Å². The molecule has 6 nitrogen and oxygen atoms in total. The third kappa shape index (κ3) is 4.56. The Hall–Kier alpha value is -2.51. The summed E-state index contributed by atoms with van der Waals surface area (Å²) in [5.41, 5.74) is 1.54. The fourth-order valence-electron chi connectivity index (χ4n) is 2.57. The van der Waals surface area contributed by atoms with Crippen LogP contribution in [-0.2, 0) is 6.42 Å². The Labute approximate surface area is 155 Å². The van der Waals surface area contributed by atoms with Crippen LogP contribution in [0.5, 0.6) is 11.5 Å². The summed E-state index contributed by atoms with van der Waals surface area (Å²) in [5, 5.41) is 11.8. The van der Waals surface area contributed by atoms with Crippen LogP contribution in [0, 0.1) is 0 Å². The van der Waals surface area contributed by atoms with Crippen molar-refractivity contribution in [3.05, 3.63) is 59.7 Å². The predicted molar refractivity (Wildman–Crippen MR) is 98.9 cm³/mol. The van der Waals surface area contributed by atoms with Crippen LogP contribution >= 0.6 is 11.8 Å². The number of methoxy groups -OCH3 is 1. The van der Waals surface area contributed by atoms with Crippen LogP contribution in [0.2, 0.25) is 0 Å². The number of benzene rings is 2. The second-order valence-electron chi connectivity index (χ2n) is 5.82. The maximum absolute atomic E-state index is 12.1. The molecule has 1 amide bonds. The van der Waals surface area contributed by atoms with Gasteiger partial charge < -0.3 is 19.9 Å². The summed E-state index contributed by atoms with van der Waals surface area (Å²) in [6, 6.07) is 14.2. The molecule has 136 valence electrons. The molecule has 3 rings (SSSR count). The number of carbonyl (C=O) groups excluding carboxylic acids is 2. The van der Waals surface area contributed by atoms with Gasteiger partial charge in [0.15, 0.2) is 12.4 Å². The summed E-state index contributed by atoms with van der Waals surface area (Å²) in [7, 11) is 1.57. The van der Waals surface area contributed by atoms with E-state index in [0.717, 1.165) is 17.3 Å². The molecule has 0 saturated carbocycles. The Bertz CT molecular complexity index is 776. The number of carbonyl (C=O) groups is 2. The molecule has 2 N–H and O–H groups in total. The van der Waals surface area contributed by atoms with E-state index in [1.807, 2.05) is 12.1 Å². The number of ketones is 1. The van der Waals surface area contributed by atoms with Crippen molar-refractivity contribution in [1.82, 2.24) is 5.32 Å². The van der Waals surface area contributed by atoms with Crippen molar-refractivity contribution in [3.8, 4) is 11.5 Å². The number of amides is 1. The Morgan fingerprint density at radius 3 is 2.35 bits per heavy atom. The van der Waals surface area contributed by atoms with E-state index in [2.05, 4.69) is 5.32 Å². The lowest BCUT2D eigenvalue weighted by atomic mass is 10.1. The van der Waals surface area contributed by atoms with E-state index < -0.39 is 6.23 Å². The van der Waals surface area contributed by atoms with Crippen molar-refractivity contribution in [1.29, 1.82) is 0 Å². The first kappa shape index (κ1) is 18.3. The highest BCUT2D eigenvalue weighted by molar-refractivity contribution is 8.14. The van der Waals surface area contributed by atoms with Gasteiger partial charge in [-0.2, -0.15) is 0 Å². The van der Waals surface area contributed by atoms with Crippen molar-refractivity contribution < 1.29 is 24.2 Å². The zero-order valence-electron chi connectivity index (χ0n) is 14.2. The van der Waals surface area contributed by atoms with Gasteiger partial charge >= 0.3 is 0 Å². The molecule has 0 radical (unpaired) electrons. The smallest absolute Gasteiger partial charge is 0.281 e. The number of thioether (sulfide) groups is 1. The summed E-state index contributed by atoms with van der Waals surface area (Å²) >= 11 is 1.10. The highest BCUT2D eigenvalue weighted by Crippen LogP contribution is 2.26. The largest absolute Gasteiger partial charge is 0.497 e. The lowest BCUT2D eigenvalue weighted by molar-refractivity contribution is 0.0921. The maximum Gasteiger partial charge on any atom is 0.281 e. The molecule has 0 spiro atoms. The van der Waals surface area contributed by atoms with Gasteiger partial charge in [0.1, 0.15) is 17.7 Å². The third-order valence-electron chi connectivity index (χ3n) is 4.02. The van der Waals surface area contributed by atoms with E-state index in [1.54, 1.807) is 43.5 Å². The van der Waals surface area contributed by atoms with Crippen LogP contribution in [0.15, 0.2) is 48.5 Å². The summed E-state index contributed by atoms with van der Waals surface area (Å²) < 4.78 is 10.6. The number of hydrogen-bond donors (Lipinski definition) is 2. The second-order valence-corrected chi connectivity index (χ2v) is 7.03. The average Bonchev–Trinajstić information content (AvgIpc) is 2.98. The molecular formula is C19H19NO5S. The van der Waals surface area contributed by atoms with E-state index in [0.29, 0.717) is 23.5 Å². The van der Waals surface area contributed by atoms with Gasteiger partial charge in [-0.15, -0.1) is 0 Å². The number of hydrogen-bond acceptors (Lipinski definition) is 6. The van der Waals surface area contributed by atoms with Gasteiger partial charge in [0, 0.05) is 5.56 Å². The van der Waals surface area contributed by atoms with Gasteiger partial charge in [-0.3, -0.25) is 9.59 Å². The van der Waals surface area contributed by atoms with Crippen LogP contribution < -0.4 is 14.8 Å². The van der Waals surface area contributed by atoms with Gasteiger partial charge in [-0.25, -0.2) is 0 Å². The first-order chi connectivity index (χ1) is 12.5. The summed E-state index contributed by atoms with van der Waals surface area (Å²) in [4.78, 5) is 23.4. The molecule has 1 saturated heterocycles. The molecule has 1 fully saturated rings. The number of rotatable bonds is 7. The van der Waals surface area contributed by atoms with Crippen molar-refractivity contribution in [2.24, 2.45) is 0 Å². The fraction of sp³-hybridized carbons (Fsp3) is 0.263. The van der Waals surface area contributed by atoms with Crippen LogP contribution in [0.25, 0.3) is 0 Å². The number of aliphatic hydroxyl groups excluding tert-OH is 1. The van der Waals surface area contributed by atoms with E-state index in [9.17, 15) is 14.7 Å². The topological polar surface area (TPSA) is 84.9 Å². The molecule has 1 aliphatic rings. The zero-order chi connectivity index (χ0) is 18.5. The molecule has 1 heterocycles. The maximum atomic E-state index is 12.1. The second kappa shape index (κ2) is 8.25. The molecule has 2 atom stereocenters. The molecule has 2 aromatic rings. The SMILES string of the molecule is COc1ccc(C(=O)COc2ccc(CC3SC(=O)NC3O)cc2)cc1. The van der Waals surface area contributed by atoms with Gasteiger partial charge in [0.25, 0.3) is 5.24 Å². The van der Waals surface area contributed by atoms with E-state index in [1.165, 1.54) is 0 Å².